The number of piperidine rings is 1. The largest absolute Gasteiger partial charge is 0.444 e. The number of aromatic nitrogens is 1. The van der Waals surface area contributed by atoms with E-state index in [-0.39, 0.29) is 5.60 Å². The number of hydrogen-bond acceptors (Lipinski definition) is 5. The standard InChI is InChI=1S/C20H26N2O3/c1-19(23)9-12-25-20(15-19)7-10-22(11-8-20)13-17-14-24-18(21-17)16-5-3-2-4-6-16/h2-6,14,23H,7-13,15H2,1H3. The van der Waals surface area contributed by atoms with Crippen LogP contribution in [0.15, 0.2) is 41.0 Å². The van der Waals surface area contributed by atoms with Crippen molar-refractivity contribution in [3.8, 4) is 11.5 Å². The Kier molecular flexibility index (Phi) is 4.40. The van der Waals surface area contributed by atoms with Crippen molar-refractivity contribution < 1.29 is 14.3 Å². The average molecular weight is 342 g/mol. The summed E-state index contributed by atoms with van der Waals surface area (Å²) in [6, 6.07) is 9.98. The van der Waals surface area contributed by atoms with Crippen LogP contribution >= 0.6 is 0 Å². The molecule has 1 aromatic heterocycles. The van der Waals surface area contributed by atoms with Crippen LogP contribution < -0.4 is 0 Å². The van der Waals surface area contributed by atoms with Crippen LogP contribution in [0.2, 0.25) is 0 Å². The van der Waals surface area contributed by atoms with Crippen molar-refractivity contribution in [2.24, 2.45) is 0 Å². The van der Waals surface area contributed by atoms with Crippen molar-refractivity contribution in [2.45, 2.75) is 50.4 Å². The van der Waals surface area contributed by atoms with Crippen molar-refractivity contribution in [1.29, 1.82) is 0 Å². The predicted molar refractivity (Wildman–Crippen MR) is 95.0 cm³/mol. The summed E-state index contributed by atoms with van der Waals surface area (Å²) >= 11 is 0. The van der Waals surface area contributed by atoms with Gasteiger partial charge in [-0.3, -0.25) is 4.90 Å². The first-order chi connectivity index (χ1) is 12.0. The maximum atomic E-state index is 10.4. The number of oxazole rings is 1. The highest BCUT2D eigenvalue weighted by Gasteiger charge is 2.44. The van der Waals surface area contributed by atoms with Gasteiger partial charge in [0.05, 0.1) is 23.5 Å². The molecule has 2 aliphatic rings. The van der Waals surface area contributed by atoms with Crippen LogP contribution in [0.25, 0.3) is 11.5 Å². The minimum atomic E-state index is -0.586. The molecule has 1 N–H and O–H groups in total. The monoisotopic (exact) mass is 342 g/mol. The number of nitrogens with zero attached hydrogens (tertiary/aromatic N) is 2. The first kappa shape index (κ1) is 16.8. The molecule has 5 heteroatoms. The molecule has 2 fully saturated rings. The fourth-order valence-corrected chi connectivity index (χ4v) is 4.08. The Bertz CT molecular complexity index is 703. The molecule has 1 spiro atoms. The van der Waals surface area contributed by atoms with Gasteiger partial charge >= 0.3 is 0 Å². The number of benzene rings is 1. The van der Waals surface area contributed by atoms with E-state index >= 15 is 0 Å². The van der Waals surface area contributed by atoms with Crippen molar-refractivity contribution in [1.82, 2.24) is 9.88 Å². The van der Waals surface area contributed by atoms with Gasteiger partial charge in [0, 0.05) is 31.6 Å². The van der Waals surface area contributed by atoms with Gasteiger partial charge in [-0.2, -0.15) is 0 Å². The Labute approximate surface area is 148 Å². The lowest BCUT2D eigenvalue weighted by molar-refractivity contribution is -0.173. The van der Waals surface area contributed by atoms with Crippen molar-refractivity contribution in [3.05, 3.63) is 42.3 Å². The van der Waals surface area contributed by atoms with Crippen LogP contribution in [-0.2, 0) is 11.3 Å². The summed E-state index contributed by atoms with van der Waals surface area (Å²) < 4.78 is 11.7. The molecule has 2 saturated heterocycles. The van der Waals surface area contributed by atoms with Crippen LogP contribution in [0.1, 0.15) is 38.3 Å². The molecule has 2 aliphatic heterocycles. The van der Waals surface area contributed by atoms with E-state index in [1.165, 1.54) is 0 Å². The molecule has 3 heterocycles. The third kappa shape index (κ3) is 3.78. The third-order valence-corrected chi connectivity index (χ3v) is 5.48. The van der Waals surface area contributed by atoms with E-state index in [4.69, 9.17) is 9.15 Å². The normalized spacial score (nSPS) is 26.8. The lowest BCUT2D eigenvalue weighted by Gasteiger charge is -2.48. The van der Waals surface area contributed by atoms with E-state index in [2.05, 4.69) is 9.88 Å². The number of likely N-dealkylation sites (tertiary alicyclic amines) is 1. The van der Waals surface area contributed by atoms with Crippen LogP contribution in [0.3, 0.4) is 0 Å². The van der Waals surface area contributed by atoms with Gasteiger partial charge in [-0.1, -0.05) is 18.2 Å². The van der Waals surface area contributed by atoms with Crippen molar-refractivity contribution in [3.63, 3.8) is 0 Å². The quantitative estimate of drug-likeness (QED) is 0.928. The lowest BCUT2D eigenvalue weighted by Crippen LogP contribution is -2.53. The van der Waals surface area contributed by atoms with Crippen LogP contribution in [0.4, 0.5) is 0 Å². The molecule has 5 nitrogen and oxygen atoms in total. The fraction of sp³-hybridized carbons (Fsp3) is 0.550. The zero-order valence-corrected chi connectivity index (χ0v) is 14.8. The van der Waals surface area contributed by atoms with Gasteiger partial charge in [0.2, 0.25) is 5.89 Å². The number of rotatable bonds is 3. The van der Waals surface area contributed by atoms with E-state index in [0.29, 0.717) is 12.5 Å². The van der Waals surface area contributed by atoms with E-state index < -0.39 is 5.60 Å². The summed E-state index contributed by atoms with van der Waals surface area (Å²) in [7, 11) is 0. The molecule has 0 radical (unpaired) electrons. The predicted octanol–water partition coefficient (Wildman–Crippen LogP) is 3.24. The SMILES string of the molecule is CC1(O)CCOC2(CCN(Cc3coc(-c4ccccc4)n3)CC2)C1. The Morgan fingerprint density at radius 3 is 2.64 bits per heavy atom. The van der Waals surface area contributed by atoms with Gasteiger partial charge in [-0.05, 0) is 38.3 Å². The second-order valence-corrected chi connectivity index (χ2v) is 7.74. The molecule has 0 aliphatic carbocycles. The number of hydrogen-bond donors (Lipinski definition) is 1. The van der Waals surface area contributed by atoms with Gasteiger partial charge in [0.1, 0.15) is 6.26 Å². The first-order valence-corrected chi connectivity index (χ1v) is 9.12. The molecule has 25 heavy (non-hydrogen) atoms. The highest BCUT2D eigenvalue weighted by molar-refractivity contribution is 5.52. The molecular formula is C20H26N2O3. The van der Waals surface area contributed by atoms with Crippen LogP contribution in [-0.4, -0.2) is 45.9 Å². The second-order valence-electron chi connectivity index (χ2n) is 7.74. The topological polar surface area (TPSA) is 58.7 Å². The Hall–Kier alpha value is -1.69. The maximum absolute atomic E-state index is 10.4. The summed E-state index contributed by atoms with van der Waals surface area (Å²) in [5.41, 5.74) is 1.24. The van der Waals surface area contributed by atoms with Gasteiger partial charge in [-0.25, -0.2) is 4.98 Å². The summed E-state index contributed by atoms with van der Waals surface area (Å²) in [6.07, 6.45) is 5.17. The highest BCUT2D eigenvalue weighted by Crippen LogP contribution is 2.39. The second kappa shape index (κ2) is 6.56. The molecule has 2 aromatic rings. The van der Waals surface area contributed by atoms with Crippen molar-refractivity contribution in [2.75, 3.05) is 19.7 Å². The molecule has 0 saturated carbocycles. The Morgan fingerprint density at radius 2 is 1.92 bits per heavy atom. The molecule has 1 aromatic carbocycles. The summed E-state index contributed by atoms with van der Waals surface area (Å²) in [5.74, 6) is 0.677. The fourth-order valence-electron chi connectivity index (χ4n) is 4.08. The summed E-state index contributed by atoms with van der Waals surface area (Å²) in [5, 5.41) is 10.4. The molecule has 1 unspecified atom stereocenters. The maximum Gasteiger partial charge on any atom is 0.226 e. The molecule has 1 atom stereocenters. The summed E-state index contributed by atoms with van der Waals surface area (Å²) in [6.45, 7) is 5.32. The number of aliphatic hydroxyl groups is 1. The molecular weight excluding hydrogens is 316 g/mol. The molecule has 4 rings (SSSR count). The Balaban J connectivity index is 1.36. The van der Waals surface area contributed by atoms with Gasteiger partial charge in [0.15, 0.2) is 0 Å². The van der Waals surface area contributed by atoms with E-state index in [0.717, 1.165) is 56.6 Å². The van der Waals surface area contributed by atoms with E-state index in [1.54, 1.807) is 6.26 Å². The van der Waals surface area contributed by atoms with Gasteiger partial charge in [-0.15, -0.1) is 0 Å². The third-order valence-electron chi connectivity index (χ3n) is 5.48. The van der Waals surface area contributed by atoms with E-state index in [9.17, 15) is 5.11 Å². The smallest absolute Gasteiger partial charge is 0.226 e. The average Bonchev–Trinajstić information content (AvgIpc) is 3.06. The Morgan fingerprint density at radius 1 is 1.16 bits per heavy atom. The zero-order chi connectivity index (χ0) is 17.3. The zero-order valence-electron chi connectivity index (χ0n) is 14.8. The van der Waals surface area contributed by atoms with Crippen molar-refractivity contribution >= 4 is 0 Å². The molecule has 0 bridgehead atoms. The minimum Gasteiger partial charge on any atom is -0.444 e. The van der Waals surface area contributed by atoms with Crippen LogP contribution in [0.5, 0.6) is 0 Å². The first-order valence-electron chi connectivity index (χ1n) is 9.12. The van der Waals surface area contributed by atoms with Gasteiger partial charge < -0.3 is 14.3 Å². The highest BCUT2D eigenvalue weighted by atomic mass is 16.5. The molecule has 134 valence electrons. The molecule has 0 amide bonds. The van der Waals surface area contributed by atoms with E-state index in [1.807, 2.05) is 37.3 Å². The lowest BCUT2D eigenvalue weighted by atomic mass is 9.78. The van der Waals surface area contributed by atoms with Crippen LogP contribution in [0, 0.1) is 0 Å². The summed E-state index contributed by atoms with van der Waals surface area (Å²) in [4.78, 5) is 7.02. The number of ether oxygens (including phenoxy) is 1. The minimum absolute atomic E-state index is 0.142. The van der Waals surface area contributed by atoms with Gasteiger partial charge in [0.25, 0.3) is 0 Å².